The summed E-state index contributed by atoms with van der Waals surface area (Å²) in [7, 11) is 0. The summed E-state index contributed by atoms with van der Waals surface area (Å²) in [5.41, 5.74) is 9.56. The number of pyridine rings is 1. The number of nitrogens with one attached hydrogen (secondary N) is 3. The second kappa shape index (κ2) is 12.4. The highest BCUT2D eigenvalue weighted by atomic mass is 127. The van der Waals surface area contributed by atoms with Crippen LogP contribution in [-0.4, -0.2) is 33.1 Å². The smallest absolute Gasteiger partial charge is 0.258 e. The average Bonchev–Trinajstić information content (AvgIpc) is 3.29. The highest BCUT2D eigenvalue weighted by Gasteiger charge is 2.14. The summed E-state index contributed by atoms with van der Waals surface area (Å²) >= 11 is 2.21. The van der Waals surface area contributed by atoms with E-state index in [1.807, 2.05) is 54.6 Å². The van der Waals surface area contributed by atoms with Gasteiger partial charge in [-0.05, 0) is 70.9 Å². The first-order chi connectivity index (χ1) is 18.1. The lowest BCUT2D eigenvalue weighted by Crippen LogP contribution is -2.16. The number of benzene rings is 2. The van der Waals surface area contributed by atoms with Crippen LogP contribution in [0.4, 0.5) is 17.3 Å². The molecule has 186 valence electrons. The highest BCUT2D eigenvalue weighted by Crippen LogP contribution is 2.29. The number of fused-ring (bicyclic) bond motifs is 1. The number of amides is 1. The van der Waals surface area contributed by atoms with E-state index in [4.69, 9.17) is 16.2 Å². The van der Waals surface area contributed by atoms with Gasteiger partial charge in [0, 0.05) is 35.3 Å². The molecular formula is C26H24IN8OP. The molecule has 2 aromatic carbocycles. The third-order valence-electron chi connectivity index (χ3n) is 5.42. The zero-order valence-electron chi connectivity index (χ0n) is 19.8. The molecule has 1 atom stereocenters. The Morgan fingerprint density at radius 3 is 2.62 bits per heavy atom. The number of para-hydroxylation sites is 1. The molecule has 0 aliphatic carbocycles. The molecule has 0 spiro atoms. The summed E-state index contributed by atoms with van der Waals surface area (Å²) in [6.45, 7) is 1.70. The fourth-order valence-corrected chi connectivity index (χ4v) is 4.21. The first kappa shape index (κ1) is 26.2. The first-order valence-corrected chi connectivity index (χ1v) is 15.3. The number of rotatable bonds is 9. The largest absolute Gasteiger partial charge is 0.404 e. The predicted molar refractivity (Wildman–Crippen MR) is 163 cm³/mol. The average molecular weight is 622 g/mol. The molecule has 4 rings (SSSR count). The Morgan fingerprint density at radius 2 is 1.92 bits per heavy atom. The molecule has 0 saturated carbocycles. The molecule has 1 unspecified atom stereocenters. The Bertz CT molecular complexity index is 1530. The van der Waals surface area contributed by atoms with Crippen molar-refractivity contribution in [3.05, 3.63) is 90.1 Å². The number of allylic oxidation sites excluding steroid dienone is 2. The maximum Gasteiger partial charge on any atom is 0.258 e. The molecule has 37 heavy (non-hydrogen) atoms. The molecule has 9 nitrogen and oxygen atoms in total. The van der Waals surface area contributed by atoms with Gasteiger partial charge in [-0.3, -0.25) is 9.56 Å². The molecule has 11 heteroatoms. The molecule has 0 aliphatic heterocycles. The lowest BCUT2D eigenvalue weighted by molar-refractivity contribution is -0.112. The van der Waals surface area contributed by atoms with Gasteiger partial charge in [0.2, 0.25) is 0 Å². The van der Waals surface area contributed by atoms with Crippen molar-refractivity contribution in [3.8, 4) is 5.82 Å². The first-order valence-electron chi connectivity index (χ1n) is 11.2. The van der Waals surface area contributed by atoms with E-state index in [0.717, 1.165) is 33.9 Å². The normalized spacial score (nSPS) is 12.5. The fourth-order valence-electron chi connectivity index (χ4n) is 3.60. The van der Waals surface area contributed by atoms with Crippen molar-refractivity contribution in [3.63, 3.8) is 0 Å². The van der Waals surface area contributed by atoms with E-state index < -0.39 is 5.91 Å². The van der Waals surface area contributed by atoms with Gasteiger partial charge < -0.3 is 21.8 Å². The molecular weight excluding hydrogens is 598 g/mol. The third kappa shape index (κ3) is 6.10. The van der Waals surface area contributed by atoms with Crippen LogP contribution in [0.5, 0.6) is 0 Å². The summed E-state index contributed by atoms with van der Waals surface area (Å²) in [5.74, 6) is 1.18. The SMILES string of the molecule is C/C=C(\C=N)C(=O)Nc1cccc(-n2nc(Nc3ccc(C(C=NPI)=CN)cc3)c3ccccc32)n1. The van der Waals surface area contributed by atoms with Crippen LogP contribution in [0, 0.1) is 5.41 Å². The van der Waals surface area contributed by atoms with E-state index in [-0.39, 0.29) is 5.57 Å². The Hall–Kier alpha value is -3.89. The summed E-state index contributed by atoms with van der Waals surface area (Å²) in [6, 6.07) is 21.0. The number of hydrogen-bond acceptors (Lipinski definition) is 7. The number of carbonyl (C=O) groups is 1. The van der Waals surface area contributed by atoms with E-state index in [1.54, 1.807) is 42.2 Å². The second-order valence-corrected chi connectivity index (χ2v) is 9.54. The van der Waals surface area contributed by atoms with Crippen LogP contribution in [0.25, 0.3) is 22.3 Å². The van der Waals surface area contributed by atoms with Gasteiger partial charge in [0.05, 0.1) is 17.5 Å². The molecule has 0 aliphatic rings. The van der Waals surface area contributed by atoms with Crippen molar-refractivity contribution in [1.82, 2.24) is 14.8 Å². The van der Waals surface area contributed by atoms with Crippen molar-refractivity contribution in [2.45, 2.75) is 6.92 Å². The van der Waals surface area contributed by atoms with Gasteiger partial charge >= 0.3 is 0 Å². The van der Waals surface area contributed by atoms with Crippen LogP contribution in [0.15, 0.2) is 89.3 Å². The van der Waals surface area contributed by atoms with Gasteiger partial charge in [-0.15, -0.1) is 5.10 Å². The van der Waals surface area contributed by atoms with Crippen molar-refractivity contribution in [2.75, 3.05) is 10.6 Å². The van der Waals surface area contributed by atoms with Gasteiger partial charge in [-0.25, -0.2) is 9.67 Å². The molecule has 2 heterocycles. The Balaban J connectivity index is 1.64. The van der Waals surface area contributed by atoms with E-state index >= 15 is 0 Å². The number of carbonyl (C=O) groups excluding carboxylic acids is 1. The van der Waals surface area contributed by atoms with Crippen LogP contribution in [0.3, 0.4) is 0 Å². The van der Waals surface area contributed by atoms with E-state index in [9.17, 15) is 4.79 Å². The number of nitrogens with two attached hydrogens (primary N) is 1. The molecule has 2 aromatic heterocycles. The minimum atomic E-state index is -0.396. The van der Waals surface area contributed by atoms with Crippen molar-refractivity contribution >= 4 is 80.6 Å². The van der Waals surface area contributed by atoms with Gasteiger partial charge in [-0.2, -0.15) is 0 Å². The highest BCUT2D eigenvalue weighted by molar-refractivity contribution is 14.2. The second-order valence-electron chi connectivity index (χ2n) is 7.67. The zero-order valence-corrected chi connectivity index (χ0v) is 23.0. The molecule has 1 amide bonds. The van der Waals surface area contributed by atoms with Gasteiger partial charge in [0.1, 0.15) is 5.82 Å². The predicted octanol–water partition coefficient (Wildman–Crippen LogP) is 6.01. The van der Waals surface area contributed by atoms with Crippen molar-refractivity contribution in [2.24, 2.45) is 10.5 Å². The summed E-state index contributed by atoms with van der Waals surface area (Å²) < 4.78 is 6.01. The van der Waals surface area contributed by atoms with Gasteiger partial charge in [0.15, 0.2) is 11.6 Å². The Morgan fingerprint density at radius 1 is 1.14 bits per heavy atom. The van der Waals surface area contributed by atoms with Gasteiger partial charge in [0.25, 0.3) is 5.91 Å². The number of nitrogens with zero attached hydrogens (tertiary/aromatic N) is 4. The molecule has 4 aromatic rings. The maximum atomic E-state index is 12.4. The molecule has 5 N–H and O–H groups in total. The minimum absolute atomic E-state index is 0.251. The minimum Gasteiger partial charge on any atom is -0.404 e. The van der Waals surface area contributed by atoms with Crippen LogP contribution >= 0.6 is 28.4 Å². The van der Waals surface area contributed by atoms with Crippen molar-refractivity contribution in [1.29, 1.82) is 5.41 Å². The molecule has 0 radical (unpaired) electrons. The number of halogens is 1. The topological polar surface area (TPSA) is 134 Å². The van der Waals surface area contributed by atoms with E-state index in [2.05, 4.69) is 42.4 Å². The van der Waals surface area contributed by atoms with Crippen LogP contribution in [-0.2, 0) is 4.79 Å². The Kier molecular flexibility index (Phi) is 8.76. The maximum absolute atomic E-state index is 12.4. The lowest BCUT2D eigenvalue weighted by Gasteiger charge is -2.08. The van der Waals surface area contributed by atoms with Crippen LogP contribution < -0.4 is 16.4 Å². The summed E-state index contributed by atoms with van der Waals surface area (Å²) in [5, 5.41) is 19.2. The summed E-state index contributed by atoms with van der Waals surface area (Å²) in [4.78, 5) is 16.9. The zero-order chi connectivity index (χ0) is 26.2. The monoisotopic (exact) mass is 622 g/mol. The Labute approximate surface area is 228 Å². The molecule has 0 saturated heterocycles. The third-order valence-corrected chi connectivity index (χ3v) is 6.48. The van der Waals surface area contributed by atoms with E-state index in [0.29, 0.717) is 23.8 Å². The number of aromatic nitrogens is 3. The van der Waals surface area contributed by atoms with Crippen LogP contribution in [0.1, 0.15) is 12.5 Å². The van der Waals surface area contributed by atoms with Crippen LogP contribution in [0.2, 0.25) is 0 Å². The molecule has 0 fully saturated rings. The summed E-state index contributed by atoms with van der Waals surface area (Å²) in [6.07, 6.45) is 6.34. The molecule has 0 bridgehead atoms. The quantitative estimate of drug-likeness (QED) is 0.0785. The number of hydrogen-bond donors (Lipinski definition) is 4. The van der Waals surface area contributed by atoms with E-state index in [1.165, 1.54) is 0 Å². The standard InChI is InChI=1S/C26H24IN8OP/c1-2-17(14-28)26(36)33-23-8-5-9-24(32-23)35-22-7-4-3-6-21(22)25(34-35)31-20-12-10-18(11-13-20)19(15-29)16-30-37-27/h2-16,28,37H,29H2,1H3,(H,31,34)(H,32,33,36)/b17-2+,19-15?,28-14?,30-16?. The lowest BCUT2D eigenvalue weighted by atomic mass is 10.1. The number of anilines is 3. The fraction of sp³-hybridized carbons (Fsp3) is 0.0385. The van der Waals surface area contributed by atoms with Crippen molar-refractivity contribution < 1.29 is 4.79 Å². The van der Waals surface area contributed by atoms with Gasteiger partial charge in [-0.1, -0.05) is 36.4 Å².